The van der Waals surface area contributed by atoms with Gasteiger partial charge in [-0.1, -0.05) is 13.0 Å². The van der Waals surface area contributed by atoms with E-state index in [1.165, 1.54) is 11.3 Å². The molecule has 0 saturated heterocycles. The first-order valence-electron chi connectivity index (χ1n) is 6.53. The van der Waals surface area contributed by atoms with E-state index in [2.05, 4.69) is 12.2 Å². The number of ether oxygens (including phenoxy) is 1. The van der Waals surface area contributed by atoms with E-state index in [1.54, 1.807) is 5.38 Å². The Morgan fingerprint density at radius 1 is 1.40 bits per heavy atom. The first-order chi connectivity index (χ1) is 9.69. The monoisotopic (exact) mass is 290 g/mol. The van der Waals surface area contributed by atoms with Gasteiger partial charge in [0.2, 0.25) is 5.91 Å². The lowest BCUT2D eigenvalue weighted by molar-refractivity contribution is 0.100. The first kappa shape index (κ1) is 14.4. The molecule has 0 spiro atoms. The van der Waals surface area contributed by atoms with Crippen molar-refractivity contribution in [1.29, 1.82) is 0 Å². The molecule has 0 aliphatic heterocycles. The second kappa shape index (κ2) is 6.96. The third kappa shape index (κ3) is 3.99. The van der Waals surface area contributed by atoms with Gasteiger partial charge in [0.25, 0.3) is 0 Å². The fraction of sp³-hybridized carbons (Fsp3) is 0.267. The molecule has 3 N–H and O–H groups in total. The van der Waals surface area contributed by atoms with Crippen molar-refractivity contribution in [3.63, 3.8) is 0 Å². The molecule has 2 rings (SSSR count). The van der Waals surface area contributed by atoms with Gasteiger partial charge < -0.3 is 15.8 Å². The maximum atomic E-state index is 11.0. The average Bonchev–Trinajstić information content (AvgIpc) is 2.92. The standard InChI is InChI=1S/C15H18N2O2S/c1-2-6-19-13-5-3-4-12(8-13)17-9-14-7-11(10-20-14)15(16)18/h3-5,7-8,10,17H,2,6,9H2,1H3,(H2,16,18). The summed E-state index contributed by atoms with van der Waals surface area (Å²) in [5.74, 6) is 0.475. The Balaban J connectivity index is 1.94. The lowest BCUT2D eigenvalue weighted by atomic mass is 10.2. The number of hydrogen-bond donors (Lipinski definition) is 2. The zero-order valence-corrected chi connectivity index (χ0v) is 12.2. The van der Waals surface area contributed by atoms with Crippen LogP contribution in [0.15, 0.2) is 35.7 Å². The summed E-state index contributed by atoms with van der Waals surface area (Å²) >= 11 is 1.52. The number of nitrogens with one attached hydrogen (secondary N) is 1. The summed E-state index contributed by atoms with van der Waals surface area (Å²) in [7, 11) is 0. The second-order valence-electron chi connectivity index (χ2n) is 4.40. The van der Waals surface area contributed by atoms with Crippen LogP contribution in [0.25, 0.3) is 0 Å². The minimum atomic E-state index is -0.387. The quantitative estimate of drug-likeness (QED) is 0.822. The predicted octanol–water partition coefficient (Wildman–Crippen LogP) is 3.25. The number of primary amides is 1. The Hall–Kier alpha value is -2.01. The zero-order chi connectivity index (χ0) is 14.4. The van der Waals surface area contributed by atoms with Crippen molar-refractivity contribution in [1.82, 2.24) is 0 Å². The number of anilines is 1. The molecule has 0 fully saturated rings. The van der Waals surface area contributed by atoms with Crippen LogP contribution in [0.5, 0.6) is 5.75 Å². The summed E-state index contributed by atoms with van der Waals surface area (Å²) in [5.41, 5.74) is 6.79. The van der Waals surface area contributed by atoms with Gasteiger partial charge in [-0.15, -0.1) is 11.3 Å². The molecule has 1 heterocycles. The minimum absolute atomic E-state index is 0.387. The van der Waals surface area contributed by atoms with Crippen LogP contribution in [0.4, 0.5) is 5.69 Å². The number of benzene rings is 1. The number of nitrogens with two attached hydrogens (primary N) is 1. The van der Waals surface area contributed by atoms with Crippen molar-refractivity contribution in [2.75, 3.05) is 11.9 Å². The van der Waals surface area contributed by atoms with E-state index in [0.717, 1.165) is 29.3 Å². The number of thiophene rings is 1. The van der Waals surface area contributed by atoms with Crippen molar-refractivity contribution in [3.05, 3.63) is 46.2 Å². The van der Waals surface area contributed by atoms with Gasteiger partial charge in [-0.2, -0.15) is 0 Å². The van der Waals surface area contributed by atoms with Crippen LogP contribution in [0.2, 0.25) is 0 Å². The molecular weight excluding hydrogens is 272 g/mol. The van der Waals surface area contributed by atoms with Crippen molar-refractivity contribution >= 4 is 22.9 Å². The van der Waals surface area contributed by atoms with Gasteiger partial charge in [0.15, 0.2) is 0 Å². The van der Waals surface area contributed by atoms with Crippen LogP contribution in [-0.2, 0) is 6.54 Å². The van der Waals surface area contributed by atoms with Crippen LogP contribution >= 0.6 is 11.3 Å². The largest absolute Gasteiger partial charge is 0.494 e. The Bertz CT molecular complexity index is 581. The van der Waals surface area contributed by atoms with Crippen molar-refractivity contribution in [2.24, 2.45) is 5.73 Å². The van der Waals surface area contributed by atoms with E-state index >= 15 is 0 Å². The van der Waals surface area contributed by atoms with Gasteiger partial charge in [-0.25, -0.2) is 0 Å². The maximum absolute atomic E-state index is 11.0. The molecule has 20 heavy (non-hydrogen) atoms. The fourth-order valence-electron chi connectivity index (χ4n) is 1.71. The smallest absolute Gasteiger partial charge is 0.249 e. The highest BCUT2D eigenvalue weighted by molar-refractivity contribution is 7.10. The van der Waals surface area contributed by atoms with Crippen molar-refractivity contribution in [2.45, 2.75) is 19.9 Å². The molecule has 1 amide bonds. The van der Waals surface area contributed by atoms with Crippen LogP contribution in [0, 0.1) is 0 Å². The summed E-state index contributed by atoms with van der Waals surface area (Å²) in [6.45, 7) is 3.46. The summed E-state index contributed by atoms with van der Waals surface area (Å²) in [4.78, 5) is 12.1. The third-order valence-corrected chi connectivity index (χ3v) is 3.65. The molecule has 0 atom stereocenters. The van der Waals surface area contributed by atoms with Crippen LogP contribution < -0.4 is 15.8 Å². The normalized spacial score (nSPS) is 10.2. The van der Waals surface area contributed by atoms with E-state index in [0.29, 0.717) is 12.1 Å². The summed E-state index contributed by atoms with van der Waals surface area (Å²) in [6.07, 6.45) is 0.989. The van der Waals surface area contributed by atoms with Crippen molar-refractivity contribution < 1.29 is 9.53 Å². The Morgan fingerprint density at radius 3 is 2.95 bits per heavy atom. The molecule has 0 radical (unpaired) electrons. The van der Waals surface area contributed by atoms with Gasteiger partial charge in [0, 0.05) is 28.6 Å². The highest BCUT2D eigenvalue weighted by atomic mass is 32.1. The molecular formula is C15H18N2O2S. The molecule has 4 nitrogen and oxygen atoms in total. The van der Waals surface area contributed by atoms with Gasteiger partial charge in [-0.05, 0) is 24.6 Å². The van der Waals surface area contributed by atoms with Crippen LogP contribution in [0.1, 0.15) is 28.6 Å². The van der Waals surface area contributed by atoms with Gasteiger partial charge in [-0.3, -0.25) is 4.79 Å². The lowest BCUT2D eigenvalue weighted by Crippen LogP contribution is -2.09. The number of carbonyl (C=O) groups is 1. The third-order valence-electron chi connectivity index (χ3n) is 2.71. The van der Waals surface area contributed by atoms with Crippen molar-refractivity contribution in [3.8, 4) is 5.75 Å². The maximum Gasteiger partial charge on any atom is 0.249 e. The predicted molar refractivity (Wildman–Crippen MR) is 82.4 cm³/mol. The highest BCUT2D eigenvalue weighted by Gasteiger charge is 2.04. The Labute approximate surface area is 122 Å². The second-order valence-corrected chi connectivity index (χ2v) is 5.39. The highest BCUT2D eigenvalue weighted by Crippen LogP contribution is 2.20. The van der Waals surface area contributed by atoms with E-state index in [9.17, 15) is 4.79 Å². The zero-order valence-electron chi connectivity index (χ0n) is 11.4. The molecule has 1 aromatic heterocycles. The van der Waals surface area contributed by atoms with Gasteiger partial charge in [0.1, 0.15) is 5.75 Å². The van der Waals surface area contributed by atoms with Crippen LogP contribution in [0.3, 0.4) is 0 Å². The fourth-order valence-corrected chi connectivity index (χ4v) is 2.52. The molecule has 5 heteroatoms. The molecule has 0 unspecified atom stereocenters. The van der Waals surface area contributed by atoms with E-state index in [1.807, 2.05) is 30.3 Å². The Kier molecular flexibility index (Phi) is 5.01. The molecule has 0 saturated carbocycles. The Morgan fingerprint density at radius 2 is 2.25 bits per heavy atom. The van der Waals surface area contributed by atoms with Gasteiger partial charge in [0.05, 0.1) is 12.2 Å². The summed E-state index contributed by atoms with van der Waals surface area (Å²) < 4.78 is 5.58. The number of rotatable bonds is 7. The van der Waals surface area contributed by atoms with E-state index in [4.69, 9.17) is 10.5 Å². The van der Waals surface area contributed by atoms with Gasteiger partial charge >= 0.3 is 0 Å². The molecule has 0 aliphatic rings. The summed E-state index contributed by atoms with van der Waals surface area (Å²) in [5, 5.41) is 5.09. The molecule has 2 aromatic rings. The minimum Gasteiger partial charge on any atom is -0.494 e. The van der Waals surface area contributed by atoms with Crippen LogP contribution in [-0.4, -0.2) is 12.5 Å². The number of amides is 1. The van der Waals surface area contributed by atoms with E-state index < -0.39 is 0 Å². The first-order valence-corrected chi connectivity index (χ1v) is 7.41. The summed E-state index contributed by atoms with van der Waals surface area (Å²) in [6, 6.07) is 9.67. The molecule has 0 bridgehead atoms. The topological polar surface area (TPSA) is 64.3 Å². The molecule has 106 valence electrons. The SMILES string of the molecule is CCCOc1cccc(NCc2cc(C(N)=O)cs2)c1. The number of hydrogen-bond acceptors (Lipinski definition) is 4. The average molecular weight is 290 g/mol. The number of carbonyl (C=O) groups excluding carboxylic acids is 1. The molecule has 0 aliphatic carbocycles. The lowest BCUT2D eigenvalue weighted by Gasteiger charge is -2.08. The van der Waals surface area contributed by atoms with E-state index in [-0.39, 0.29) is 5.91 Å². The molecule has 1 aromatic carbocycles.